The van der Waals surface area contributed by atoms with E-state index in [0.717, 1.165) is 93.7 Å². The second-order valence-electron chi connectivity index (χ2n) is 19.4. The van der Waals surface area contributed by atoms with E-state index in [2.05, 4.69) is 98.2 Å². The molecule has 3 heterocycles. The Morgan fingerprint density at radius 1 is 0.629 bits per heavy atom. The highest BCUT2D eigenvalue weighted by atomic mass is 19.4. The summed E-state index contributed by atoms with van der Waals surface area (Å²) < 4.78 is 75.2. The van der Waals surface area contributed by atoms with Gasteiger partial charge in [0.2, 0.25) is 0 Å². The normalized spacial score (nSPS) is 20.7. The Hall–Kier alpha value is -5.19. The molecule has 5 aromatic carbocycles. The highest BCUT2D eigenvalue weighted by molar-refractivity contribution is 6.10. The third-order valence-electron chi connectivity index (χ3n) is 14.0. The maximum absolute atomic E-state index is 14.7. The van der Waals surface area contributed by atoms with Crippen molar-refractivity contribution in [3.63, 3.8) is 0 Å². The predicted molar refractivity (Wildman–Crippen MR) is 239 cm³/mol. The van der Waals surface area contributed by atoms with Gasteiger partial charge in [0.1, 0.15) is 5.75 Å². The number of alkyl halides is 3. The first-order valence-corrected chi connectivity index (χ1v) is 21.9. The van der Waals surface area contributed by atoms with Gasteiger partial charge in [0.15, 0.2) is 17.1 Å². The van der Waals surface area contributed by atoms with Crippen molar-refractivity contribution in [2.24, 2.45) is 10.8 Å². The Balaban J connectivity index is 1.24. The zero-order valence-corrected chi connectivity index (χ0v) is 36.5. The molecule has 5 aliphatic rings. The van der Waals surface area contributed by atoms with E-state index in [-0.39, 0.29) is 10.8 Å². The number of halogens is 3. The molecular formula is C52H55F3N2O5. The zero-order valence-electron chi connectivity index (χ0n) is 36.5. The molecule has 10 heteroatoms. The van der Waals surface area contributed by atoms with Crippen molar-refractivity contribution in [2.45, 2.75) is 64.1 Å². The van der Waals surface area contributed by atoms with Crippen LogP contribution in [0.2, 0.25) is 0 Å². The smallest absolute Gasteiger partial charge is 0.416 e. The number of fused-ring (bicyclic) bond motifs is 10. The number of anilines is 2. The minimum absolute atomic E-state index is 0.179. The number of benzene rings is 5. The van der Waals surface area contributed by atoms with Crippen LogP contribution in [-0.4, -0.2) is 66.8 Å². The SMILES string of the molecule is COc1cc2c3c(c4c(c2cc1OC)-c1ccc(C(F)(F)F)cc1C41CC(C)(C)CC(C)(C)C1)C=CC(c1ccc(N2CCOCC2)cc1)(c1ccc(N2CCOCC2)cc1)O3. The number of methoxy groups -OCH3 is 2. The number of nitrogens with zero attached hydrogens (tertiary/aromatic N) is 2. The third kappa shape index (κ3) is 6.62. The second-order valence-corrected chi connectivity index (χ2v) is 19.4. The van der Waals surface area contributed by atoms with Gasteiger partial charge in [-0.3, -0.25) is 0 Å². The molecule has 2 saturated heterocycles. The van der Waals surface area contributed by atoms with Crippen molar-refractivity contribution >= 4 is 28.2 Å². The number of morpholine rings is 2. The van der Waals surface area contributed by atoms with E-state index in [4.69, 9.17) is 23.7 Å². The summed E-state index contributed by atoms with van der Waals surface area (Å²) in [5, 5.41) is 1.65. The summed E-state index contributed by atoms with van der Waals surface area (Å²) in [6.07, 6.45) is 2.18. The standard InChI is InChI=1S/C52H55F3N2O5/c1-48(2)30-49(3,4)32-50(31-48)42-27-35(52(53,54)55)11-16-38(42)45-40-28-43(58-5)44(59-6)29-41(40)47-39(46(45)50)17-18-51(62-47,33-7-12-36(13-8-33)56-19-23-60-24-20-56)34-9-14-37(15-10-34)57-21-25-61-26-22-57/h7-18,27-29H,19-26,30-32H2,1-6H3. The summed E-state index contributed by atoms with van der Waals surface area (Å²) in [7, 11) is 3.24. The van der Waals surface area contributed by atoms with Crippen molar-refractivity contribution in [1.82, 2.24) is 0 Å². The molecule has 0 unspecified atom stereocenters. The number of rotatable bonds is 6. The fraction of sp³-hybridized carbons (Fsp3) is 0.423. The second kappa shape index (κ2) is 14.7. The summed E-state index contributed by atoms with van der Waals surface area (Å²) in [4.78, 5) is 4.68. The van der Waals surface area contributed by atoms with E-state index in [1.54, 1.807) is 20.3 Å². The first kappa shape index (κ1) is 40.9. The molecule has 3 aliphatic heterocycles. The molecule has 324 valence electrons. The highest BCUT2D eigenvalue weighted by Gasteiger charge is 2.56. The number of hydrogen-bond donors (Lipinski definition) is 0. The summed E-state index contributed by atoms with van der Waals surface area (Å²) in [5.41, 5.74) is 5.76. The summed E-state index contributed by atoms with van der Waals surface area (Å²) >= 11 is 0. The van der Waals surface area contributed by atoms with E-state index in [1.165, 1.54) is 12.1 Å². The maximum Gasteiger partial charge on any atom is 0.416 e. The lowest BCUT2D eigenvalue weighted by Gasteiger charge is -2.52. The van der Waals surface area contributed by atoms with Gasteiger partial charge in [-0.2, -0.15) is 13.2 Å². The Morgan fingerprint density at radius 2 is 1.15 bits per heavy atom. The number of ether oxygens (including phenoxy) is 5. The van der Waals surface area contributed by atoms with Gasteiger partial charge >= 0.3 is 6.18 Å². The first-order chi connectivity index (χ1) is 29.7. The fourth-order valence-corrected chi connectivity index (χ4v) is 12.2. The first-order valence-electron chi connectivity index (χ1n) is 21.9. The van der Waals surface area contributed by atoms with Crippen LogP contribution in [-0.2, 0) is 26.7 Å². The molecule has 3 fully saturated rings. The molecule has 0 amide bonds. The van der Waals surface area contributed by atoms with Crippen LogP contribution >= 0.6 is 0 Å². The average molecular weight is 845 g/mol. The Morgan fingerprint density at radius 3 is 1.65 bits per heavy atom. The molecule has 5 aromatic rings. The molecule has 0 bridgehead atoms. The van der Waals surface area contributed by atoms with Gasteiger partial charge in [-0.1, -0.05) is 64.1 Å². The van der Waals surface area contributed by atoms with Crippen molar-refractivity contribution in [1.29, 1.82) is 0 Å². The lowest BCUT2D eigenvalue weighted by atomic mass is 9.52. The summed E-state index contributed by atoms with van der Waals surface area (Å²) in [6.45, 7) is 15.1. The fourth-order valence-electron chi connectivity index (χ4n) is 12.2. The Kier molecular flexibility index (Phi) is 9.68. The van der Waals surface area contributed by atoms with Crippen molar-refractivity contribution in [3.8, 4) is 28.4 Å². The van der Waals surface area contributed by atoms with Crippen molar-refractivity contribution in [3.05, 3.63) is 118 Å². The molecule has 1 spiro atoms. The van der Waals surface area contributed by atoms with Crippen LogP contribution < -0.4 is 24.0 Å². The van der Waals surface area contributed by atoms with Gasteiger partial charge in [0.05, 0.1) is 46.2 Å². The lowest BCUT2D eigenvalue weighted by molar-refractivity contribution is -0.137. The molecule has 10 rings (SSSR count). The van der Waals surface area contributed by atoms with E-state index in [1.807, 2.05) is 12.1 Å². The zero-order chi connectivity index (χ0) is 43.2. The van der Waals surface area contributed by atoms with Crippen LogP contribution in [0.4, 0.5) is 24.5 Å². The molecular weight excluding hydrogens is 790 g/mol. The third-order valence-corrected chi connectivity index (χ3v) is 14.0. The lowest BCUT2D eigenvalue weighted by Crippen LogP contribution is -2.44. The predicted octanol–water partition coefficient (Wildman–Crippen LogP) is 11.4. The van der Waals surface area contributed by atoms with E-state index >= 15 is 0 Å². The quantitative estimate of drug-likeness (QED) is 0.169. The van der Waals surface area contributed by atoms with Crippen LogP contribution in [0, 0.1) is 10.8 Å². The van der Waals surface area contributed by atoms with E-state index < -0.39 is 22.8 Å². The van der Waals surface area contributed by atoms with Crippen LogP contribution in [0.3, 0.4) is 0 Å². The Labute approximate surface area is 362 Å². The number of hydrogen-bond acceptors (Lipinski definition) is 7. The topological polar surface area (TPSA) is 52.6 Å². The Bertz CT molecular complexity index is 2490. The summed E-state index contributed by atoms with van der Waals surface area (Å²) in [5.74, 6) is 1.74. The highest BCUT2D eigenvalue weighted by Crippen LogP contribution is 2.67. The molecule has 0 aromatic heterocycles. The molecule has 2 aliphatic carbocycles. The molecule has 62 heavy (non-hydrogen) atoms. The molecule has 0 N–H and O–H groups in total. The maximum atomic E-state index is 14.7. The molecule has 7 nitrogen and oxygen atoms in total. The monoisotopic (exact) mass is 844 g/mol. The molecule has 0 atom stereocenters. The van der Waals surface area contributed by atoms with E-state index in [0.29, 0.717) is 56.5 Å². The van der Waals surface area contributed by atoms with Crippen LogP contribution in [0.1, 0.15) is 80.3 Å². The van der Waals surface area contributed by atoms with E-state index in [9.17, 15) is 13.2 Å². The minimum atomic E-state index is -4.50. The van der Waals surface area contributed by atoms with Gasteiger partial charge in [0, 0.05) is 65.0 Å². The van der Waals surface area contributed by atoms with Gasteiger partial charge < -0.3 is 33.5 Å². The van der Waals surface area contributed by atoms with Crippen LogP contribution in [0.15, 0.2) is 84.9 Å². The molecule has 1 saturated carbocycles. The van der Waals surface area contributed by atoms with Gasteiger partial charge in [-0.05, 0) is 112 Å². The largest absolute Gasteiger partial charge is 0.493 e. The van der Waals surface area contributed by atoms with Crippen LogP contribution in [0.25, 0.3) is 28.0 Å². The van der Waals surface area contributed by atoms with Gasteiger partial charge in [0.25, 0.3) is 0 Å². The average Bonchev–Trinajstić information content (AvgIpc) is 3.52. The molecule has 0 radical (unpaired) electrons. The van der Waals surface area contributed by atoms with Crippen molar-refractivity contribution in [2.75, 3.05) is 76.6 Å². The van der Waals surface area contributed by atoms with Gasteiger partial charge in [-0.25, -0.2) is 0 Å². The van der Waals surface area contributed by atoms with Crippen molar-refractivity contribution < 1.29 is 36.9 Å². The summed E-state index contributed by atoms with van der Waals surface area (Å²) in [6, 6.07) is 25.7. The minimum Gasteiger partial charge on any atom is -0.493 e. The van der Waals surface area contributed by atoms with Crippen LogP contribution in [0.5, 0.6) is 17.2 Å². The van der Waals surface area contributed by atoms with Gasteiger partial charge in [-0.15, -0.1) is 0 Å².